The molecule has 0 aliphatic carbocycles. The lowest BCUT2D eigenvalue weighted by Crippen LogP contribution is -2.50. The molecule has 0 bridgehead atoms. The van der Waals surface area contributed by atoms with Crippen molar-refractivity contribution < 1.29 is 28.0 Å². The van der Waals surface area contributed by atoms with E-state index in [1.807, 2.05) is 61.5 Å². The molecule has 12 heteroatoms. The molecule has 0 saturated carbocycles. The van der Waals surface area contributed by atoms with Gasteiger partial charge in [0.05, 0.1) is 10.6 Å². The van der Waals surface area contributed by atoms with E-state index >= 15 is 0 Å². The molecule has 0 aliphatic rings. The first-order chi connectivity index (χ1) is 22.2. The van der Waals surface area contributed by atoms with Gasteiger partial charge >= 0.3 is 0 Å². The topological polar surface area (TPSA) is 139 Å². The number of hydrogen-bond acceptors (Lipinski definition) is 6. The highest BCUT2D eigenvalue weighted by molar-refractivity contribution is 7.81. The fourth-order valence-corrected chi connectivity index (χ4v) is 5.52. The van der Waals surface area contributed by atoms with Crippen LogP contribution >= 0.6 is 11.6 Å². The van der Waals surface area contributed by atoms with Gasteiger partial charge in [0.25, 0.3) is 22.9 Å². The van der Waals surface area contributed by atoms with Crippen LogP contribution in [0.25, 0.3) is 11.1 Å². The summed E-state index contributed by atoms with van der Waals surface area (Å²) < 4.78 is 28.9. The fourth-order valence-electron chi connectivity index (χ4n) is 4.75. The molecule has 2 N–H and O–H groups in total. The Morgan fingerprint density at radius 3 is 2.24 bits per heavy atom. The highest BCUT2D eigenvalue weighted by atomic mass is 35.5. The molecule has 2 atom stereocenters. The van der Waals surface area contributed by atoms with Crippen molar-refractivity contribution in [1.82, 2.24) is 5.32 Å². The molecule has 4 aromatic carbocycles. The molecule has 240 valence electrons. The first kappa shape index (κ1) is 34.3. The molecule has 46 heavy (non-hydrogen) atoms. The van der Waals surface area contributed by atoms with E-state index in [2.05, 4.69) is 5.32 Å². The molecule has 1 unspecified atom stereocenters. The molecule has 0 aromatic heterocycles. The van der Waals surface area contributed by atoms with Gasteiger partial charge in [0.1, 0.15) is 23.4 Å². The highest BCUT2D eigenvalue weighted by Gasteiger charge is 2.32. The standard InChI is InChI=1S/C34H34ClN3O7S/c1-2-3-5-10-33(39)36-31(34(40)37(46(43)44)28-17-20-30(35)32(22-28)38(41)42)21-24-13-18-29(19-14-24)45-23-25-11-15-27(16-12-25)26-8-6-4-7-9-26/h4,6-9,11-20,22,31H,2-3,5,10,21,23H2,1H3,(H,36,39)(H,43,44)/t31-/m0/s1. The molecule has 0 fully saturated rings. The van der Waals surface area contributed by atoms with Gasteiger partial charge in [-0.1, -0.05) is 98.1 Å². The summed E-state index contributed by atoms with van der Waals surface area (Å²) in [5, 5.41) is 13.9. The van der Waals surface area contributed by atoms with E-state index in [4.69, 9.17) is 16.3 Å². The number of nitro groups is 1. The van der Waals surface area contributed by atoms with Crippen LogP contribution in [0.15, 0.2) is 97.1 Å². The second-order valence-electron chi connectivity index (χ2n) is 10.5. The van der Waals surface area contributed by atoms with Crippen LogP contribution in [0.2, 0.25) is 5.02 Å². The van der Waals surface area contributed by atoms with E-state index < -0.39 is 39.7 Å². The minimum absolute atomic E-state index is 0.0110. The van der Waals surface area contributed by atoms with Gasteiger partial charge in [0.2, 0.25) is 5.91 Å². The molecule has 0 aliphatic heterocycles. The second kappa shape index (κ2) is 16.6. The number of amides is 2. The van der Waals surface area contributed by atoms with Gasteiger partial charge in [-0.2, -0.15) is 0 Å². The van der Waals surface area contributed by atoms with Gasteiger partial charge < -0.3 is 10.1 Å². The summed E-state index contributed by atoms with van der Waals surface area (Å²) in [6.07, 6.45) is 2.50. The van der Waals surface area contributed by atoms with Crippen molar-refractivity contribution in [3.63, 3.8) is 0 Å². The number of nitrogens with one attached hydrogen (secondary N) is 1. The Kier molecular flexibility index (Phi) is 12.4. The number of halogens is 1. The van der Waals surface area contributed by atoms with Gasteiger partial charge in [-0.3, -0.25) is 24.3 Å². The lowest BCUT2D eigenvalue weighted by molar-refractivity contribution is -0.384. The van der Waals surface area contributed by atoms with E-state index in [1.165, 1.54) is 6.07 Å². The van der Waals surface area contributed by atoms with Crippen LogP contribution in [0.4, 0.5) is 11.4 Å². The molecule has 0 saturated heterocycles. The first-order valence-corrected chi connectivity index (χ1v) is 16.1. The predicted molar refractivity (Wildman–Crippen MR) is 179 cm³/mol. The normalized spacial score (nSPS) is 12.2. The van der Waals surface area contributed by atoms with Crippen molar-refractivity contribution in [2.24, 2.45) is 0 Å². The van der Waals surface area contributed by atoms with Crippen LogP contribution in [-0.2, 0) is 33.9 Å². The van der Waals surface area contributed by atoms with Gasteiger partial charge in [-0.05, 0) is 52.9 Å². The van der Waals surface area contributed by atoms with E-state index in [9.17, 15) is 28.5 Å². The zero-order valence-electron chi connectivity index (χ0n) is 25.1. The maximum absolute atomic E-state index is 13.7. The van der Waals surface area contributed by atoms with Gasteiger partial charge in [-0.25, -0.2) is 8.51 Å². The first-order valence-electron chi connectivity index (χ1n) is 14.7. The maximum atomic E-state index is 13.7. The third-order valence-electron chi connectivity index (χ3n) is 7.19. The average Bonchev–Trinajstić information content (AvgIpc) is 3.05. The third-order valence-corrected chi connectivity index (χ3v) is 8.21. The lowest BCUT2D eigenvalue weighted by atomic mass is 10.0. The molecule has 2 amide bonds. The molecular formula is C34H34ClN3O7S. The van der Waals surface area contributed by atoms with Crippen molar-refractivity contribution in [2.45, 2.75) is 51.7 Å². The largest absolute Gasteiger partial charge is 0.489 e. The zero-order chi connectivity index (χ0) is 33.1. The van der Waals surface area contributed by atoms with Crippen molar-refractivity contribution in [3.8, 4) is 16.9 Å². The number of carbonyl (C=O) groups is 2. The summed E-state index contributed by atoms with van der Waals surface area (Å²) in [4.78, 5) is 37.1. The van der Waals surface area contributed by atoms with Crippen molar-refractivity contribution in [2.75, 3.05) is 4.31 Å². The van der Waals surface area contributed by atoms with E-state index in [0.717, 1.165) is 41.7 Å². The highest BCUT2D eigenvalue weighted by Crippen LogP contribution is 2.30. The van der Waals surface area contributed by atoms with Crippen LogP contribution in [0.1, 0.15) is 43.7 Å². The Bertz CT molecular complexity index is 1670. The summed E-state index contributed by atoms with van der Waals surface area (Å²) in [5.74, 6) is -0.717. The van der Waals surface area contributed by atoms with Gasteiger partial charge in [-0.15, -0.1) is 0 Å². The summed E-state index contributed by atoms with van der Waals surface area (Å²) in [6, 6.07) is 27.2. The summed E-state index contributed by atoms with van der Waals surface area (Å²) in [5.41, 5.74) is 3.12. The Morgan fingerprint density at radius 2 is 1.61 bits per heavy atom. The lowest BCUT2D eigenvalue weighted by Gasteiger charge is -2.25. The van der Waals surface area contributed by atoms with Gasteiger partial charge in [0.15, 0.2) is 0 Å². The number of hydrogen-bond donors (Lipinski definition) is 2. The van der Waals surface area contributed by atoms with Crippen molar-refractivity contribution >= 4 is 46.1 Å². The quantitative estimate of drug-likeness (QED) is 0.0590. The van der Waals surface area contributed by atoms with Crippen LogP contribution in [0.3, 0.4) is 0 Å². The minimum atomic E-state index is -2.90. The number of anilines is 1. The Morgan fingerprint density at radius 1 is 0.957 bits per heavy atom. The monoisotopic (exact) mass is 663 g/mol. The number of benzene rings is 4. The van der Waals surface area contributed by atoms with Crippen molar-refractivity contribution in [3.05, 3.63) is 123 Å². The second-order valence-corrected chi connectivity index (χ2v) is 11.8. The Balaban J connectivity index is 1.48. The van der Waals surface area contributed by atoms with Crippen molar-refractivity contribution in [1.29, 1.82) is 0 Å². The summed E-state index contributed by atoms with van der Waals surface area (Å²) >= 11 is 3.00. The number of nitrogens with zero attached hydrogens (tertiary/aromatic N) is 2. The summed E-state index contributed by atoms with van der Waals surface area (Å²) in [7, 11) is 0. The number of carbonyl (C=O) groups excluding carboxylic acids is 2. The third kappa shape index (κ3) is 9.46. The number of nitro benzene ring substituents is 1. The van der Waals surface area contributed by atoms with Crippen LogP contribution < -0.4 is 14.4 Å². The molecule has 0 heterocycles. The average molecular weight is 664 g/mol. The molecule has 10 nitrogen and oxygen atoms in total. The maximum Gasteiger partial charge on any atom is 0.289 e. The van der Waals surface area contributed by atoms with Gasteiger partial charge in [0, 0.05) is 18.9 Å². The van der Waals surface area contributed by atoms with Crippen LogP contribution in [0.5, 0.6) is 5.75 Å². The number of ether oxygens (including phenoxy) is 1. The zero-order valence-corrected chi connectivity index (χ0v) is 26.7. The van der Waals surface area contributed by atoms with Crippen LogP contribution in [0, 0.1) is 10.1 Å². The van der Waals surface area contributed by atoms with E-state index in [-0.39, 0.29) is 23.6 Å². The predicted octanol–water partition coefficient (Wildman–Crippen LogP) is 7.27. The molecular weight excluding hydrogens is 630 g/mol. The smallest absolute Gasteiger partial charge is 0.289 e. The SMILES string of the molecule is CCCCCC(=O)N[C@@H](Cc1ccc(OCc2ccc(-c3ccccc3)cc2)cc1)C(=O)N(c1ccc(Cl)c([N+](=O)[O-])c1)S(=O)O. The van der Waals surface area contributed by atoms with E-state index in [0.29, 0.717) is 28.6 Å². The number of unbranched alkanes of at least 4 members (excludes halogenated alkanes) is 2. The molecule has 4 aromatic rings. The minimum Gasteiger partial charge on any atom is -0.489 e. The van der Waals surface area contributed by atoms with Crippen LogP contribution in [-0.4, -0.2) is 31.5 Å². The Hall–Kier alpha value is -4.58. The molecule has 0 spiro atoms. The number of rotatable bonds is 15. The molecule has 4 rings (SSSR count). The van der Waals surface area contributed by atoms with E-state index in [1.54, 1.807) is 24.3 Å². The molecule has 0 radical (unpaired) electrons. The Labute approximate surface area is 274 Å². The fraction of sp³-hybridized carbons (Fsp3) is 0.235. The summed E-state index contributed by atoms with van der Waals surface area (Å²) in [6.45, 7) is 2.34.